The minimum Gasteiger partial charge on any atom is -0.317 e. The lowest BCUT2D eigenvalue weighted by Crippen LogP contribution is -2.42. The smallest absolute Gasteiger partial charge is 0.231 e. The molecule has 88 valence electrons. The van der Waals surface area contributed by atoms with Gasteiger partial charge in [0, 0.05) is 17.2 Å². The van der Waals surface area contributed by atoms with Crippen LogP contribution in [0.15, 0.2) is 6.07 Å². The Labute approximate surface area is 95.0 Å². The minimum absolute atomic E-state index is 0.0699. The summed E-state index contributed by atoms with van der Waals surface area (Å²) >= 11 is 0. The van der Waals surface area contributed by atoms with Crippen LogP contribution in [0, 0.1) is 12.3 Å². The van der Waals surface area contributed by atoms with Crippen LogP contribution in [-0.2, 0) is 4.79 Å². The Balaban J connectivity index is 2.01. The lowest BCUT2D eigenvalue weighted by atomic mass is 9.80. The second-order valence-corrected chi connectivity index (χ2v) is 4.70. The molecule has 0 bridgehead atoms. The normalized spacial score (nSPS) is 19.4. The highest BCUT2D eigenvalue weighted by atomic mass is 16.2. The fourth-order valence-electron chi connectivity index (χ4n) is 1.95. The number of aryl methyl sites for hydroxylation is 1. The van der Waals surface area contributed by atoms with Gasteiger partial charge in [-0.25, -0.2) is 0 Å². The van der Waals surface area contributed by atoms with Gasteiger partial charge in [-0.2, -0.15) is 5.10 Å². The van der Waals surface area contributed by atoms with E-state index in [0.29, 0.717) is 5.82 Å². The van der Waals surface area contributed by atoms with Gasteiger partial charge >= 0.3 is 0 Å². The quantitative estimate of drug-likeness (QED) is 0.700. The zero-order valence-corrected chi connectivity index (χ0v) is 9.76. The first-order chi connectivity index (χ1) is 7.60. The number of carbonyl (C=O) groups is 1. The Morgan fingerprint density at radius 2 is 2.19 bits per heavy atom. The number of amides is 1. The summed E-state index contributed by atoms with van der Waals surface area (Å²) in [5.41, 5.74) is 0.684. The van der Waals surface area contributed by atoms with Gasteiger partial charge in [0.15, 0.2) is 5.82 Å². The summed E-state index contributed by atoms with van der Waals surface area (Å²) in [6.07, 6.45) is 1.75. The molecule has 0 aliphatic carbocycles. The number of rotatable bonds is 2. The van der Waals surface area contributed by atoms with Crippen molar-refractivity contribution in [1.29, 1.82) is 0 Å². The molecule has 0 radical (unpaired) electrons. The number of carbonyl (C=O) groups excluding carboxylic acids is 1. The molecule has 16 heavy (non-hydrogen) atoms. The van der Waals surface area contributed by atoms with E-state index in [2.05, 4.69) is 20.8 Å². The molecular formula is C11H18N4O. The maximum Gasteiger partial charge on any atom is 0.231 e. The van der Waals surface area contributed by atoms with Crippen LogP contribution in [0.25, 0.3) is 0 Å². The van der Waals surface area contributed by atoms with Gasteiger partial charge in [-0.3, -0.25) is 9.89 Å². The van der Waals surface area contributed by atoms with Crippen LogP contribution in [0.4, 0.5) is 5.82 Å². The third kappa shape index (κ3) is 2.24. The molecule has 3 N–H and O–H groups in total. The highest BCUT2D eigenvalue weighted by Gasteiger charge is 2.34. The number of aromatic amines is 1. The summed E-state index contributed by atoms with van der Waals surface area (Å²) in [5.74, 6) is 0.683. The number of H-pyrrole nitrogens is 1. The van der Waals surface area contributed by atoms with Crippen molar-refractivity contribution in [2.75, 3.05) is 18.4 Å². The number of hydrogen-bond donors (Lipinski definition) is 3. The SMILES string of the molecule is Cc1cc(NC(=O)C2(C)CCNCC2)n[nH]1. The van der Waals surface area contributed by atoms with E-state index in [4.69, 9.17) is 0 Å². The van der Waals surface area contributed by atoms with Crippen molar-refractivity contribution in [2.45, 2.75) is 26.7 Å². The summed E-state index contributed by atoms with van der Waals surface area (Å²) in [6, 6.07) is 1.84. The van der Waals surface area contributed by atoms with Crippen molar-refractivity contribution < 1.29 is 4.79 Å². The van der Waals surface area contributed by atoms with Gasteiger partial charge in [0.1, 0.15) is 0 Å². The molecule has 1 saturated heterocycles. The van der Waals surface area contributed by atoms with Gasteiger partial charge in [-0.05, 0) is 32.9 Å². The van der Waals surface area contributed by atoms with Crippen molar-refractivity contribution in [2.24, 2.45) is 5.41 Å². The Hall–Kier alpha value is -1.36. The van der Waals surface area contributed by atoms with Crippen LogP contribution in [0.3, 0.4) is 0 Å². The van der Waals surface area contributed by atoms with Crippen LogP contribution >= 0.6 is 0 Å². The van der Waals surface area contributed by atoms with Crippen molar-refractivity contribution in [3.05, 3.63) is 11.8 Å². The predicted octanol–water partition coefficient (Wildman–Crippen LogP) is 1.05. The average Bonchev–Trinajstić information content (AvgIpc) is 2.65. The lowest BCUT2D eigenvalue weighted by Gasteiger charge is -2.32. The first-order valence-corrected chi connectivity index (χ1v) is 5.64. The molecule has 1 fully saturated rings. The zero-order chi connectivity index (χ0) is 11.6. The Morgan fingerprint density at radius 3 is 2.75 bits per heavy atom. The fourth-order valence-corrected chi connectivity index (χ4v) is 1.95. The predicted molar refractivity (Wildman–Crippen MR) is 62.2 cm³/mol. The standard InChI is InChI=1S/C11H18N4O/c1-8-7-9(15-14-8)13-10(16)11(2)3-5-12-6-4-11/h7,12H,3-6H2,1-2H3,(H2,13,14,15,16). The molecule has 2 rings (SSSR count). The zero-order valence-electron chi connectivity index (χ0n) is 9.76. The van der Waals surface area contributed by atoms with Crippen LogP contribution in [0.1, 0.15) is 25.5 Å². The molecular weight excluding hydrogens is 204 g/mol. The van der Waals surface area contributed by atoms with Gasteiger partial charge in [0.25, 0.3) is 0 Å². The number of nitrogens with one attached hydrogen (secondary N) is 3. The van der Waals surface area contributed by atoms with Gasteiger partial charge in [-0.1, -0.05) is 6.92 Å². The highest BCUT2D eigenvalue weighted by Crippen LogP contribution is 2.29. The second-order valence-electron chi connectivity index (χ2n) is 4.70. The first-order valence-electron chi connectivity index (χ1n) is 5.64. The molecule has 1 aromatic rings. The molecule has 0 spiro atoms. The second kappa shape index (κ2) is 4.25. The number of hydrogen-bond acceptors (Lipinski definition) is 3. The first kappa shape index (κ1) is 11.1. The maximum absolute atomic E-state index is 12.1. The van der Waals surface area contributed by atoms with E-state index >= 15 is 0 Å². The van der Waals surface area contributed by atoms with Gasteiger partial charge in [0.05, 0.1) is 0 Å². The molecule has 0 unspecified atom stereocenters. The summed E-state index contributed by atoms with van der Waals surface area (Å²) in [7, 11) is 0. The van der Waals surface area contributed by atoms with Gasteiger partial charge in [0.2, 0.25) is 5.91 Å². The van der Waals surface area contributed by atoms with E-state index in [-0.39, 0.29) is 11.3 Å². The third-order valence-corrected chi connectivity index (χ3v) is 3.20. The molecule has 0 atom stereocenters. The van der Waals surface area contributed by atoms with E-state index < -0.39 is 0 Å². The Bertz CT molecular complexity index is 379. The molecule has 1 aliphatic rings. The number of anilines is 1. The number of piperidine rings is 1. The van der Waals surface area contributed by atoms with Crippen LogP contribution < -0.4 is 10.6 Å². The molecule has 1 aliphatic heterocycles. The van der Waals surface area contributed by atoms with Crippen LogP contribution in [0.5, 0.6) is 0 Å². The highest BCUT2D eigenvalue weighted by molar-refractivity contribution is 5.94. The number of aromatic nitrogens is 2. The summed E-state index contributed by atoms with van der Waals surface area (Å²) in [6.45, 7) is 5.74. The third-order valence-electron chi connectivity index (χ3n) is 3.20. The average molecular weight is 222 g/mol. The molecule has 5 heteroatoms. The largest absolute Gasteiger partial charge is 0.317 e. The van der Waals surface area contributed by atoms with Crippen molar-refractivity contribution in [1.82, 2.24) is 15.5 Å². The molecule has 1 aromatic heterocycles. The number of nitrogens with zero attached hydrogens (tertiary/aromatic N) is 1. The van der Waals surface area contributed by atoms with Crippen molar-refractivity contribution in [3.63, 3.8) is 0 Å². The van der Waals surface area contributed by atoms with Crippen LogP contribution in [0.2, 0.25) is 0 Å². The summed E-state index contributed by atoms with van der Waals surface area (Å²) < 4.78 is 0. The molecule has 1 amide bonds. The van der Waals surface area contributed by atoms with E-state index in [1.54, 1.807) is 0 Å². The van der Waals surface area contributed by atoms with Crippen molar-refractivity contribution in [3.8, 4) is 0 Å². The molecule has 2 heterocycles. The van der Waals surface area contributed by atoms with E-state index in [1.807, 2.05) is 19.9 Å². The summed E-state index contributed by atoms with van der Waals surface area (Å²) in [5, 5.41) is 12.9. The Morgan fingerprint density at radius 1 is 1.50 bits per heavy atom. The molecule has 0 saturated carbocycles. The monoisotopic (exact) mass is 222 g/mol. The molecule has 0 aromatic carbocycles. The van der Waals surface area contributed by atoms with E-state index in [9.17, 15) is 4.79 Å². The van der Waals surface area contributed by atoms with Crippen LogP contribution in [-0.4, -0.2) is 29.2 Å². The topological polar surface area (TPSA) is 69.8 Å². The maximum atomic E-state index is 12.1. The summed E-state index contributed by atoms with van der Waals surface area (Å²) in [4.78, 5) is 12.1. The van der Waals surface area contributed by atoms with Crippen molar-refractivity contribution >= 4 is 11.7 Å². The lowest BCUT2D eigenvalue weighted by molar-refractivity contribution is -0.126. The van der Waals surface area contributed by atoms with E-state index in [1.165, 1.54) is 0 Å². The van der Waals surface area contributed by atoms with Gasteiger partial charge < -0.3 is 10.6 Å². The van der Waals surface area contributed by atoms with Gasteiger partial charge in [-0.15, -0.1) is 0 Å². The van der Waals surface area contributed by atoms with E-state index in [0.717, 1.165) is 31.6 Å². The molecule has 5 nitrogen and oxygen atoms in total. The Kier molecular flexibility index (Phi) is 2.96. The fraction of sp³-hybridized carbons (Fsp3) is 0.636. The minimum atomic E-state index is -0.266.